The van der Waals surface area contributed by atoms with Crippen molar-refractivity contribution in [2.24, 2.45) is 0 Å². The smallest absolute Gasteiger partial charge is 0.0235 e. The van der Waals surface area contributed by atoms with E-state index in [0.29, 0.717) is 12.1 Å². The molecule has 0 aromatic heterocycles. The lowest BCUT2D eigenvalue weighted by atomic mass is 10.0. The summed E-state index contributed by atoms with van der Waals surface area (Å²) in [5.41, 5.74) is 0. The van der Waals surface area contributed by atoms with E-state index in [2.05, 4.69) is 42.7 Å². The number of nitrogens with zero attached hydrogens (tertiary/aromatic N) is 2. The lowest BCUT2D eigenvalue weighted by Crippen LogP contribution is -2.52. The van der Waals surface area contributed by atoms with Gasteiger partial charge in [0.2, 0.25) is 0 Å². The molecule has 0 aliphatic carbocycles. The van der Waals surface area contributed by atoms with E-state index in [-0.39, 0.29) is 0 Å². The van der Waals surface area contributed by atoms with E-state index in [9.17, 15) is 0 Å². The summed E-state index contributed by atoms with van der Waals surface area (Å²) in [5.74, 6) is 0. The van der Waals surface area contributed by atoms with Crippen LogP contribution in [0.25, 0.3) is 0 Å². The maximum absolute atomic E-state index is 3.87. The number of hydrogen-bond acceptors (Lipinski definition) is 3. The van der Waals surface area contributed by atoms with Gasteiger partial charge in [0.1, 0.15) is 0 Å². The molecule has 1 aliphatic rings. The molecule has 100 valence electrons. The highest BCUT2D eigenvalue weighted by Crippen LogP contribution is 2.13. The second-order valence-corrected chi connectivity index (χ2v) is 5.31. The van der Waals surface area contributed by atoms with Crippen LogP contribution in [-0.4, -0.2) is 62.2 Å². The van der Waals surface area contributed by atoms with E-state index < -0.39 is 0 Å². The van der Waals surface area contributed by atoms with Gasteiger partial charge in [-0.15, -0.1) is 6.58 Å². The second kappa shape index (κ2) is 7.85. The summed E-state index contributed by atoms with van der Waals surface area (Å²) in [6.45, 7) is 10.8. The molecule has 3 heteroatoms. The zero-order chi connectivity index (χ0) is 12.7. The molecule has 0 spiro atoms. The van der Waals surface area contributed by atoms with Crippen molar-refractivity contribution in [2.45, 2.75) is 38.3 Å². The molecule has 2 unspecified atom stereocenters. The molecule has 17 heavy (non-hydrogen) atoms. The zero-order valence-electron chi connectivity index (χ0n) is 11.8. The molecule has 0 saturated carbocycles. The van der Waals surface area contributed by atoms with Crippen molar-refractivity contribution in [3.63, 3.8) is 0 Å². The molecule has 1 saturated heterocycles. The first-order valence-corrected chi connectivity index (χ1v) is 6.90. The molecule has 0 radical (unpaired) electrons. The fraction of sp³-hybridized carbons (Fsp3) is 0.857. The van der Waals surface area contributed by atoms with E-state index in [1.54, 1.807) is 0 Å². The lowest BCUT2D eigenvalue weighted by molar-refractivity contribution is 0.101. The molecule has 3 nitrogen and oxygen atoms in total. The summed E-state index contributed by atoms with van der Waals surface area (Å²) < 4.78 is 0. The van der Waals surface area contributed by atoms with Crippen LogP contribution in [0.2, 0.25) is 0 Å². The molecule has 2 atom stereocenters. The van der Waals surface area contributed by atoms with Gasteiger partial charge in [0.15, 0.2) is 0 Å². The zero-order valence-corrected chi connectivity index (χ0v) is 11.8. The maximum Gasteiger partial charge on any atom is 0.0235 e. The van der Waals surface area contributed by atoms with Gasteiger partial charge in [-0.1, -0.05) is 13.0 Å². The first-order valence-electron chi connectivity index (χ1n) is 6.90. The Labute approximate surface area is 107 Å². The van der Waals surface area contributed by atoms with Crippen LogP contribution in [0, 0.1) is 0 Å². The molecule has 0 bridgehead atoms. The van der Waals surface area contributed by atoms with E-state index in [4.69, 9.17) is 0 Å². The number of likely N-dealkylation sites (N-methyl/N-ethyl adjacent to an activating group) is 2. The molecule has 1 fully saturated rings. The first-order chi connectivity index (χ1) is 8.17. The number of nitrogens with one attached hydrogen (secondary N) is 1. The normalized spacial score (nSPS) is 24.8. The summed E-state index contributed by atoms with van der Waals surface area (Å²) in [7, 11) is 4.48. The van der Waals surface area contributed by atoms with Crippen molar-refractivity contribution in [1.29, 1.82) is 0 Å². The van der Waals surface area contributed by atoms with Crippen molar-refractivity contribution in [3.8, 4) is 0 Å². The van der Waals surface area contributed by atoms with Gasteiger partial charge in [0, 0.05) is 31.7 Å². The SMILES string of the molecule is C=CCC(CC1CN(C)CCN1C)NCCC. The Balaban J connectivity index is 2.42. The van der Waals surface area contributed by atoms with Gasteiger partial charge in [-0.25, -0.2) is 0 Å². The fourth-order valence-corrected chi connectivity index (χ4v) is 2.50. The quantitative estimate of drug-likeness (QED) is 0.680. The molecular formula is C14H29N3. The second-order valence-electron chi connectivity index (χ2n) is 5.31. The molecule has 0 amide bonds. The summed E-state index contributed by atoms with van der Waals surface area (Å²) in [6, 6.07) is 1.27. The third-order valence-electron chi connectivity index (χ3n) is 3.67. The summed E-state index contributed by atoms with van der Waals surface area (Å²) in [5, 5.41) is 3.64. The van der Waals surface area contributed by atoms with E-state index in [1.165, 1.54) is 32.5 Å². The van der Waals surface area contributed by atoms with Crippen molar-refractivity contribution >= 4 is 0 Å². The summed E-state index contributed by atoms with van der Waals surface area (Å²) in [6.07, 6.45) is 5.55. The van der Waals surface area contributed by atoms with Crippen molar-refractivity contribution in [1.82, 2.24) is 15.1 Å². The minimum Gasteiger partial charge on any atom is -0.314 e. The maximum atomic E-state index is 3.87. The van der Waals surface area contributed by atoms with E-state index >= 15 is 0 Å². The van der Waals surface area contributed by atoms with Crippen molar-refractivity contribution < 1.29 is 0 Å². The molecule has 1 N–H and O–H groups in total. The van der Waals surface area contributed by atoms with Crippen LogP contribution in [0.3, 0.4) is 0 Å². The topological polar surface area (TPSA) is 18.5 Å². The minimum absolute atomic E-state index is 0.589. The molecule has 1 heterocycles. The van der Waals surface area contributed by atoms with Crippen LogP contribution in [-0.2, 0) is 0 Å². The Kier molecular flexibility index (Phi) is 6.78. The summed E-state index contributed by atoms with van der Waals surface area (Å²) in [4.78, 5) is 4.94. The third-order valence-corrected chi connectivity index (χ3v) is 3.67. The Morgan fingerprint density at radius 2 is 2.18 bits per heavy atom. The largest absolute Gasteiger partial charge is 0.314 e. The Hall–Kier alpha value is -0.380. The van der Waals surface area contributed by atoms with Crippen LogP contribution in [0.4, 0.5) is 0 Å². The fourth-order valence-electron chi connectivity index (χ4n) is 2.50. The predicted molar refractivity (Wildman–Crippen MR) is 75.4 cm³/mol. The average Bonchev–Trinajstić information content (AvgIpc) is 2.31. The van der Waals surface area contributed by atoms with Gasteiger partial charge < -0.3 is 15.1 Å². The Bertz CT molecular complexity index is 218. The van der Waals surface area contributed by atoms with Gasteiger partial charge in [0.05, 0.1) is 0 Å². The van der Waals surface area contributed by atoms with Crippen molar-refractivity contribution in [2.75, 3.05) is 40.3 Å². The van der Waals surface area contributed by atoms with Crippen LogP contribution in [0.5, 0.6) is 0 Å². The molecule has 1 aliphatic heterocycles. The highest BCUT2D eigenvalue weighted by molar-refractivity contribution is 4.86. The standard InChI is InChI=1S/C14H29N3/c1-5-7-13(15-8-6-2)11-14-12-16(3)9-10-17(14)4/h5,13-15H,1,6-12H2,2-4H3. The minimum atomic E-state index is 0.589. The van der Waals surface area contributed by atoms with Crippen LogP contribution < -0.4 is 5.32 Å². The molecule has 0 aromatic rings. The highest BCUT2D eigenvalue weighted by Gasteiger charge is 2.24. The molecular weight excluding hydrogens is 210 g/mol. The molecule has 0 aromatic carbocycles. The highest BCUT2D eigenvalue weighted by atomic mass is 15.3. The van der Waals surface area contributed by atoms with Crippen LogP contribution >= 0.6 is 0 Å². The van der Waals surface area contributed by atoms with Gasteiger partial charge in [-0.05, 0) is 39.9 Å². The molecule has 1 rings (SSSR count). The van der Waals surface area contributed by atoms with Gasteiger partial charge in [0.25, 0.3) is 0 Å². The predicted octanol–water partition coefficient (Wildman–Crippen LogP) is 1.57. The Morgan fingerprint density at radius 3 is 2.82 bits per heavy atom. The van der Waals surface area contributed by atoms with Gasteiger partial charge >= 0.3 is 0 Å². The number of piperazine rings is 1. The number of hydrogen-bond donors (Lipinski definition) is 1. The monoisotopic (exact) mass is 239 g/mol. The summed E-state index contributed by atoms with van der Waals surface area (Å²) >= 11 is 0. The average molecular weight is 239 g/mol. The van der Waals surface area contributed by atoms with Gasteiger partial charge in [-0.3, -0.25) is 0 Å². The van der Waals surface area contributed by atoms with Gasteiger partial charge in [-0.2, -0.15) is 0 Å². The van der Waals surface area contributed by atoms with E-state index in [0.717, 1.165) is 13.0 Å². The Morgan fingerprint density at radius 1 is 1.41 bits per heavy atom. The first kappa shape index (κ1) is 14.7. The van der Waals surface area contributed by atoms with Crippen LogP contribution in [0.15, 0.2) is 12.7 Å². The van der Waals surface area contributed by atoms with E-state index in [1.807, 2.05) is 6.08 Å². The number of rotatable bonds is 7. The van der Waals surface area contributed by atoms with Crippen molar-refractivity contribution in [3.05, 3.63) is 12.7 Å². The van der Waals surface area contributed by atoms with Crippen LogP contribution in [0.1, 0.15) is 26.2 Å². The third kappa shape index (κ3) is 5.19. The lowest BCUT2D eigenvalue weighted by Gasteiger charge is -2.39.